The first-order valence-corrected chi connectivity index (χ1v) is 9.29. The maximum absolute atomic E-state index is 12.9. The van der Waals surface area contributed by atoms with Crippen molar-refractivity contribution in [2.45, 2.75) is 44.2 Å². The number of benzene rings is 1. The minimum Gasteiger partial charge on any atom is -0.334 e. The molecule has 2 aliphatic rings. The molecule has 7 heteroatoms. The zero-order valence-electron chi connectivity index (χ0n) is 14.9. The lowest BCUT2D eigenvalue weighted by atomic mass is 10.0. The van der Waals surface area contributed by atoms with Crippen LogP contribution in [0, 0.1) is 0 Å². The summed E-state index contributed by atoms with van der Waals surface area (Å²) in [7, 11) is 0. The molecule has 2 aromatic rings. The van der Waals surface area contributed by atoms with Crippen LogP contribution in [0.2, 0.25) is 0 Å². The lowest BCUT2D eigenvalue weighted by Gasteiger charge is -2.24. The van der Waals surface area contributed by atoms with E-state index in [0.29, 0.717) is 11.7 Å². The molecule has 140 valence electrons. The number of amides is 1. The summed E-state index contributed by atoms with van der Waals surface area (Å²) in [4.78, 5) is 14.9. The number of piperidine rings is 1. The average Bonchev–Trinajstić information content (AvgIpc) is 3.32. The number of hydrogen-bond acceptors (Lipinski definition) is 4. The highest BCUT2D eigenvalue weighted by atomic mass is 35.5. The predicted octanol–water partition coefficient (Wildman–Crippen LogP) is 2.47. The van der Waals surface area contributed by atoms with Gasteiger partial charge < -0.3 is 10.2 Å². The maximum Gasteiger partial charge on any atom is 0.276 e. The normalized spacial score (nSPS) is 20.8. The second kappa shape index (κ2) is 8.64. The average molecular weight is 376 g/mol. The van der Waals surface area contributed by atoms with Crippen LogP contribution in [0.3, 0.4) is 0 Å². The summed E-state index contributed by atoms with van der Waals surface area (Å²) < 4.78 is 1.89. The van der Waals surface area contributed by atoms with Gasteiger partial charge in [0.2, 0.25) is 0 Å². The number of aromatic nitrogens is 3. The van der Waals surface area contributed by atoms with Crippen molar-refractivity contribution in [3.8, 4) is 0 Å². The van der Waals surface area contributed by atoms with Crippen LogP contribution in [-0.2, 0) is 6.42 Å². The lowest BCUT2D eigenvalue weighted by Crippen LogP contribution is -2.37. The summed E-state index contributed by atoms with van der Waals surface area (Å²) in [5.74, 6) is 0.0265. The molecule has 1 aromatic heterocycles. The van der Waals surface area contributed by atoms with Gasteiger partial charge in [0.15, 0.2) is 5.69 Å². The highest BCUT2D eigenvalue weighted by molar-refractivity contribution is 5.92. The van der Waals surface area contributed by atoms with Gasteiger partial charge in [0.25, 0.3) is 5.91 Å². The third kappa shape index (κ3) is 4.07. The van der Waals surface area contributed by atoms with Crippen molar-refractivity contribution in [2.24, 2.45) is 0 Å². The summed E-state index contributed by atoms with van der Waals surface area (Å²) in [5, 5.41) is 11.8. The number of nitrogens with one attached hydrogen (secondary N) is 1. The van der Waals surface area contributed by atoms with E-state index in [1.54, 1.807) is 0 Å². The molecule has 1 unspecified atom stereocenters. The Morgan fingerprint density at radius 2 is 1.92 bits per heavy atom. The number of halogens is 1. The van der Waals surface area contributed by atoms with Crippen molar-refractivity contribution in [3.63, 3.8) is 0 Å². The molecule has 0 radical (unpaired) electrons. The number of hydrogen-bond donors (Lipinski definition) is 1. The number of nitrogens with zero attached hydrogens (tertiary/aromatic N) is 4. The summed E-state index contributed by atoms with van der Waals surface area (Å²) in [5.41, 5.74) is 1.77. The Morgan fingerprint density at radius 1 is 1.15 bits per heavy atom. The lowest BCUT2D eigenvalue weighted by molar-refractivity contribution is 0.0730. The van der Waals surface area contributed by atoms with Crippen LogP contribution in [0.1, 0.15) is 47.8 Å². The second-order valence-corrected chi connectivity index (χ2v) is 7.05. The van der Waals surface area contributed by atoms with Crippen LogP contribution in [0.15, 0.2) is 36.5 Å². The molecule has 2 aliphatic heterocycles. The largest absolute Gasteiger partial charge is 0.334 e. The summed E-state index contributed by atoms with van der Waals surface area (Å²) in [6, 6.07) is 11.0. The van der Waals surface area contributed by atoms with Crippen LogP contribution < -0.4 is 5.32 Å². The van der Waals surface area contributed by atoms with E-state index in [1.807, 2.05) is 21.8 Å². The van der Waals surface area contributed by atoms with Gasteiger partial charge in [-0.3, -0.25) is 4.79 Å². The van der Waals surface area contributed by atoms with Crippen molar-refractivity contribution in [1.82, 2.24) is 25.2 Å². The van der Waals surface area contributed by atoms with Crippen molar-refractivity contribution < 1.29 is 4.79 Å². The molecule has 2 saturated heterocycles. The Bertz CT molecular complexity index is 714. The van der Waals surface area contributed by atoms with Gasteiger partial charge in [-0.25, -0.2) is 4.68 Å². The van der Waals surface area contributed by atoms with E-state index in [4.69, 9.17) is 0 Å². The van der Waals surface area contributed by atoms with Crippen molar-refractivity contribution >= 4 is 18.3 Å². The van der Waals surface area contributed by atoms with Gasteiger partial charge in [-0.15, -0.1) is 17.5 Å². The number of carbonyl (C=O) groups excluding carboxylic acids is 1. The van der Waals surface area contributed by atoms with E-state index in [2.05, 4.69) is 39.9 Å². The Hall–Kier alpha value is -1.92. The van der Waals surface area contributed by atoms with Gasteiger partial charge in [0.05, 0.1) is 12.2 Å². The first kappa shape index (κ1) is 18.9. The monoisotopic (exact) mass is 375 g/mol. The molecule has 1 atom stereocenters. The van der Waals surface area contributed by atoms with E-state index in [0.717, 1.165) is 51.7 Å². The highest BCUT2D eigenvalue weighted by Crippen LogP contribution is 2.24. The molecule has 6 nitrogen and oxygen atoms in total. The topological polar surface area (TPSA) is 63.1 Å². The fourth-order valence-electron chi connectivity index (χ4n) is 3.97. The summed E-state index contributed by atoms with van der Waals surface area (Å²) in [6.07, 6.45) is 6.95. The molecule has 0 spiro atoms. The molecule has 4 rings (SSSR count). The van der Waals surface area contributed by atoms with Crippen molar-refractivity contribution in [3.05, 3.63) is 47.8 Å². The summed E-state index contributed by atoms with van der Waals surface area (Å²) in [6.45, 7) is 2.81. The molecule has 1 amide bonds. The fraction of sp³-hybridized carbons (Fsp3) is 0.526. The zero-order chi connectivity index (χ0) is 17.1. The van der Waals surface area contributed by atoms with Crippen LogP contribution in [0.5, 0.6) is 0 Å². The molecule has 0 bridgehead atoms. The van der Waals surface area contributed by atoms with E-state index in [1.165, 1.54) is 5.56 Å². The number of rotatable bonds is 4. The Kier molecular flexibility index (Phi) is 6.27. The Labute approximate surface area is 160 Å². The molecule has 2 fully saturated rings. The van der Waals surface area contributed by atoms with Crippen LogP contribution in [0.25, 0.3) is 0 Å². The summed E-state index contributed by atoms with van der Waals surface area (Å²) >= 11 is 0. The quantitative estimate of drug-likeness (QED) is 0.891. The zero-order valence-corrected chi connectivity index (χ0v) is 15.7. The third-order valence-corrected chi connectivity index (χ3v) is 5.36. The second-order valence-electron chi connectivity index (χ2n) is 7.05. The number of likely N-dealkylation sites (tertiary alicyclic amines) is 1. The Balaban J connectivity index is 0.00000196. The highest BCUT2D eigenvalue weighted by Gasteiger charge is 2.31. The molecule has 0 saturated carbocycles. The number of carbonyl (C=O) groups is 1. The first-order chi connectivity index (χ1) is 12.3. The van der Waals surface area contributed by atoms with Gasteiger partial charge in [0, 0.05) is 12.6 Å². The maximum atomic E-state index is 12.9. The third-order valence-electron chi connectivity index (χ3n) is 5.36. The van der Waals surface area contributed by atoms with E-state index >= 15 is 0 Å². The standard InChI is InChI=1S/C19H25N5O.ClH/c25-19(18-14-24(22-21-18)16-8-10-20-11-9-16)23-12-4-7-17(23)13-15-5-2-1-3-6-15;/h1-3,5-6,14,16-17,20H,4,7-13H2;1H. The smallest absolute Gasteiger partial charge is 0.276 e. The molecule has 0 aliphatic carbocycles. The predicted molar refractivity (Wildman–Crippen MR) is 103 cm³/mol. The minimum absolute atomic E-state index is 0. The molecule has 3 heterocycles. The molecule has 1 aromatic carbocycles. The molecular weight excluding hydrogens is 350 g/mol. The van der Waals surface area contributed by atoms with Crippen LogP contribution >= 0.6 is 12.4 Å². The fourth-order valence-corrected chi connectivity index (χ4v) is 3.97. The SMILES string of the molecule is Cl.O=C(c1cn(C2CCNCC2)nn1)N1CCCC1Cc1ccccc1. The van der Waals surface area contributed by atoms with Crippen molar-refractivity contribution in [2.75, 3.05) is 19.6 Å². The Morgan fingerprint density at radius 3 is 2.69 bits per heavy atom. The van der Waals surface area contributed by atoms with E-state index in [-0.39, 0.29) is 24.4 Å². The minimum atomic E-state index is 0. The van der Waals surface area contributed by atoms with Crippen LogP contribution in [-0.4, -0.2) is 51.5 Å². The first-order valence-electron chi connectivity index (χ1n) is 9.29. The molecular formula is C19H26ClN5O. The van der Waals surface area contributed by atoms with Crippen LogP contribution in [0.4, 0.5) is 0 Å². The van der Waals surface area contributed by atoms with E-state index in [9.17, 15) is 4.79 Å². The van der Waals surface area contributed by atoms with Gasteiger partial charge in [-0.2, -0.15) is 0 Å². The van der Waals surface area contributed by atoms with Gasteiger partial charge in [-0.05, 0) is 50.8 Å². The van der Waals surface area contributed by atoms with Gasteiger partial charge in [0.1, 0.15) is 0 Å². The van der Waals surface area contributed by atoms with Gasteiger partial charge >= 0.3 is 0 Å². The van der Waals surface area contributed by atoms with E-state index < -0.39 is 0 Å². The molecule has 26 heavy (non-hydrogen) atoms. The molecule has 1 N–H and O–H groups in total. The van der Waals surface area contributed by atoms with Gasteiger partial charge in [-0.1, -0.05) is 35.5 Å². The van der Waals surface area contributed by atoms with Crippen molar-refractivity contribution in [1.29, 1.82) is 0 Å².